The summed E-state index contributed by atoms with van der Waals surface area (Å²) in [4.78, 5) is 13.9. The summed E-state index contributed by atoms with van der Waals surface area (Å²) < 4.78 is 37.1. The number of nitrogens with two attached hydrogens (primary N) is 1. The van der Waals surface area contributed by atoms with Crippen molar-refractivity contribution in [1.29, 1.82) is 0 Å². The molecule has 116 valence electrons. The number of rotatable bonds is 2. The summed E-state index contributed by atoms with van der Waals surface area (Å²) in [6.45, 7) is 3.88. The number of sulfonamides is 1. The Morgan fingerprint density at radius 2 is 2.05 bits per heavy atom. The number of hydrogen-bond acceptors (Lipinski definition) is 3. The zero-order valence-corrected chi connectivity index (χ0v) is 12.9. The van der Waals surface area contributed by atoms with Crippen molar-refractivity contribution < 1.29 is 17.6 Å². The van der Waals surface area contributed by atoms with Crippen LogP contribution in [0.15, 0.2) is 17.0 Å². The zero-order valence-electron chi connectivity index (χ0n) is 12.1. The SMILES string of the molecule is Cc1cc(S(N)(=O)=O)cc(C(=O)N2CCCCC2C)c1F. The first-order chi connectivity index (χ1) is 9.71. The Balaban J connectivity index is 2.47. The van der Waals surface area contributed by atoms with Crippen LogP contribution in [0.4, 0.5) is 4.39 Å². The smallest absolute Gasteiger partial charge is 0.257 e. The lowest BCUT2D eigenvalue weighted by Gasteiger charge is -2.33. The Labute approximate surface area is 124 Å². The van der Waals surface area contributed by atoms with E-state index in [-0.39, 0.29) is 22.1 Å². The first-order valence-electron chi connectivity index (χ1n) is 6.85. The third-order valence-electron chi connectivity index (χ3n) is 3.85. The van der Waals surface area contributed by atoms with Crippen molar-refractivity contribution in [3.05, 3.63) is 29.1 Å². The van der Waals surface area contributed by atoms with E-state index >= 15 is 0 Å². The van der Waals surface area contributed by atoms with Gasteiger partial charge in [-0.25, -0.2) is 17.9 Å². The van der Waals surface area contributed by atoms with Gasteiger partial charge in [-0.3, -0.25) is 4.79 Å². The number of carbonyl (C=O) groups is 1. The Morgan fingerprint density at radius 3 is 2.62 bits per heavy atom. The number of nitrogens with zero attached hydrogens (tertiary/aromatic N) is 1. The first kappa shape index (κ1) is 15.9. The van der Waals surface area contributed by atoms with E-state index in [9.17, 15) is 17.6 Å². The van der Waals surface area contributed by atoms with Crippen LogP contribution in [0.3, 0.4) is 0 Å². The summed E-state index contributed by atoms with van der Waals surface area (Å²) in [5.41, 5.74) is -0.137. The molecule has 1 unspecified atom stereocenters. The number of hydrogen-bond donors (Lipinski definition) is 1. The minimum Gasteiger partial charge on any atom is -0.336 e. The molecule has 0 spiro atoms. The molecule has 2 rings (SSSR count). The molecule has 0 aromatic heterocycles. The maximum absolute atomic E-state index is 14.2. The molecule has 0 radical (unpaired) electrons. The van der Waals surface area contributed by atoms with Gasteiger partial charge in [0, 0.05) is 12.6 Å². The molecule has 1 aromatic rings. The number of benzene rings is 1. The van der Waals surface area contributed by atoms with Crippen molar-refractivity contribution in [2.75, 3.05) is 6.54 Å². The average molecular weight is 314 g/mol. The van der Waals surface area contributed by atoms with Crippen LogP contribution in [0, 0.1) is 12.7 Å². The third kappa shape index (κ3) is 3.24. The molecule has 1 amide bonds. The van der Waals surface area contributed by atoms with E-state index in [1.165, 1.54) is 6.92 Å². The van der Waals surface area contributed by atoms with Crippen molar-refractivity contribution in [2.24, 2.45) is 5.14 Å². The summed E-state index contributed by atoms with van der Waals surface area (Å²) in [5, 5.41) is 5.08. The number of amides is 1. The molecule has 2 N–H and O–H groups in total. The molecule has 1 aliphatic heterocycles. The van der Waals surface area contributed by atoms with Crippen LogP contribution < -0.4 is 5.14 Å². The van der Waals surface area contributed by atoms with Crippen LogP contribution >= 0.6 is 0 Å². The molecular weight excluding hydrogens is 295 g/mol. The quantitative estimate of drug-likeness (QED) is 0.904. The molecule has 1 fully saturated rings. The zero-order chi connectivity index (χ0) is 15.8. The highest BCUT2D eigenvalue weighted by Gasteiger charge is 2.28. The van der Waals surface area contributed by atoms with Gasteiger partial charge >= 0.3 is 0 Å². The van der Waals surface area contributed by atoms with Gasteiger partial charge in [0.05, 0.1) is 10.5 Å². The van der Waals surface area contributed by atoms with Gasteiger partial charge in [-0.1, -0.05) is 0 Å². The second-order valence-electron chi connectivity index (χ2n) is 5.49. The van der Waals surface area contributed by atoms with Gasteiger partial charge in [-0.2, -0.15) is 0 Å². The van der Waals surface area contributed by atoms with Crippen LogP contribution in [0.1, 0.15) is 42.1 Å². The van der Waals surface area contributed by atoms with Crippen molar-refractivity contribution >= 4 is 15.9 Å². The lowest BCUT2D eigenvalue weighted by molar-refractivity contribution is 0.0630. The number of primary sulfonamides is 1. The molecule has 7 heteroatoms. The highest BCUT2D eigenvalue weighted by atomic mass is 32.2. The van der Waals surface area contributed by atoms with E-state index in [0.717, 1.165) is 31.4 Å². The highest BCUT2D eigenvalue weighted by molar-refractivity contribution is 7.89. The maximum atomic E-state index is 14.2. The molecule has 1 heterocycles. The van der Waals surface area contributed by atoms with E-state index in [0.29, 0.717) is 6.54 Å². The predicted octanol–water partition coefficient (Wildman–Crippen LogP) is 1.80. The van der Waals surface area contributed by atoms with Gasteiger partial charge in [0.25, 0.3) is 5.91 Å². The van der Waals surface area contributed by atoms with Gasteiger partial charge in [0.1, 0.15) is 5.82 Å². The van der Waals surface area contributed by atoms with Crippen LogP contribution in [0.5, 0.6) is 0 Å². The molecule has 0 aliphatic carbocycles. The Morgan fingerprint density at radius 1 is 1.38 bits per heavy atom. The van der Waals surface area contributed by atoms with Crippen molar-refractivity contribution in [3.63, 3.8) is 0 Å². The summed E-state index contributed by atoms with van der Waals surface area (Å²) in [6.07, 6.45) is 2.76. The van der Waals surface area contributed by atoms with Crippen LogP contribution in [-0.4, -0.2) is 31.8 Å². The summed E-state index contributed by atoms with van der Waals surface area (Å²) in [5.74, 6) is -1.17. The minimum atomic E-state index is -3.98. The largest absolute Gasteiger partial charge is 0.336 e. The van der Waals surface area contributed by atoms with Crippen molar-refractivity contribution in [3.8, 4) is 0 Å². The molecule has 1 aliphatic rings. The summed E-state index contributed by atoms with van der Waals surface area (Å²) in [6, 6.07) is 2.19. The number of halogens is 1. The fourth-order valence-corrected chi connectivity index (χ4v) is 3.23. The fourth-order valence-electron chi connectivity index (χ4n) is 2.61. The minimum absolute atomic E-state index is 0.0177. The molecule has 1 atom stereocenters. The van der Waals surface area contributed by atoms with Gasteiger partial charge in [0.15, 0.2) is 0 Å². The van der Waals surface area contributed by atoms with E-state index in [1.54, 1.807) is 4.90 Å². The number of carbonyl (C=O) groups excluding carboxylic acids is 1. The molecule has 0 bridgehead atoms. The van der Waals surface area contributed by atoms with E-state index in [4.69, 9.17) is 5.14 Å². The van der Waals surface area contributed by atoms with Crippen LogP contribution in [0.2, 0.25) is 0 Å². The maximum Gasteiger partial charge on any atom is 0.257 e. The molecular formula is C14H19FN2O3S. The molecule has 1 saturated heterocycles. The molecule has 0 saturated carbocycles. The lowest BCUT2D eigenvalue weighted by Crippen LogP contribution is -2.42. The summed E-state index contributed by atoms with van der Waals surface area (Å²) in [7, 11) is -3.98. The van der Waals surface area contributed by atoms with Crippen molar-refractivity contribution in [2.45, 2.75) is 44.0 Å². The highest BCUT2D eigenvalue weighted by Crippen LogP contribution is 2.24. The second kappa shape index (κ2) is 5.73. The third-order valence-corrected chi connectivity index (χ3v) is 4.74. The average Bonchev–Trinajstić information content (AvgIpc) is 2.40. The van der Waals surface area contributed by atoms with E-state index < -0.39 is 21.7 Å². The lowest BCUT2D eigenvalue weighted by atomic mass is 10.0. The summed E-state index contributed by atoms with van der Waals surface area (Å²) >= 11 is 0. The van der Waals surface area contributed by atoms with Crippen LogP contribution in [-0.2, 0) is 10.0 Å². The van der Waals surface area contributed by atoms with Gasteiger partial charge < -0.3 is 4.90 Å². The van der Waals surface area contributed by atoms with E-state index in [1.807, 2.05) is 6.92 Å². The van der Waals surface area contributed by atoms with Gasteiger partial charge in [-0.05, 0) is 50.8 Å². The number of likely N-dealkylation sites (tertiary alicyclic amines) is 1. The molecule has 1 aromatic carbocycles. The molecule has 21 heavy (non-hydrogen) atoms. The van der Waals surface area contributed by atoms with Gasteiger partial charge in [-0.15, -0.1) is 0 Å². The predicted molar refractivity (Wildman–Crippen MR) is 76.9 cm³/mol. The van der Waals surface area contributed by atoms with Gasteiger partial charge in [0.2, 0.25) is 10.0 Å². The van der Waals surface area contributed by atoms with Crippen LogP contribution in [0.25, 0.3) is 0 Å². The Hall–Kier alpha value is -1.47. The molecule has 5 nitrogen and oxygen atoms in total. The normalized spacial score (nSPS) is 19.6. The number of piperidine rings is 1. The monoisotopic (exact) mass is 314 g/mol. The first-order valence-corrected chi connectivity index (χ1v) is 8.40. The Bertz CT molecular complexity index is 673. The standard InChI is InChI=1S/C14H19FN2O3S/c1-9-7-11(21(16,19)20)8-12(13(9)15)14(18)17-6-4-3-5-10(17)2/h7-8,10H,3-6H2,1-2H3,(H2,16,19,20). The second-order valence-corrected chi connectivity index (χ2v) is 7.05. The van der Waals surface area contributed by atoms with E-state index in [2.05, 4.69) is 0 Å². The topological polar surface area (TPSA) is 80.5 Å². The fraction of sp³-hybridized carbons (Fsp3) is 0.500. The number of aryl methyl sites for hydroxylation is 1. The Kier molecular flexibility index (Phi) is 4.34. The van der Waals surface area contributed by atoms with Crippen molar-refractivity contribution in [1.82, 2.24) is 4.90 Å².